The molecule has 0 aliphatic carbocycles. The maximum absolute atomic E-state index is 13.2. The smallest absolute Gasteiger partial charge is 0.416 e. The summed E-state index contributed by atoms with van der Waals surface area (Å²) >= 11 is 0. The van der Waals surface area contributed by atoms with E-state index in [9.17, 15) is 14.4 Å². The molecule has 2 atom stereocenters. The zero-order valence-corrected chi connectivity index (χ0v) is 18.3. The monoisotopic (exact) mass is 416 g/mol. The first-order valence-corrected chi connectivity index (χ1v) is 10.7. The van der Waals surface area contributed by atoms with Crippen molar-refractivity contribution in [3.8, 4) is 0 Å². The van der Waals surface area contributed by atoms with Crippen molar-refractivity contribution in [3.63, 3.8) is 0 Å². The molecule has 2 heterocycles. The highest BCUT2D eigenvalue weighted by Gasteiger charge is 2.42. The number of hydrogen-bond donors (Lipinski definition) is 0. The Labute approximate surface area is 178 Å². The van der Waals surface area contributed by atoms with E-state index in [1.807, 2.05) is 58.0 Å². The highest BCUT2D eigenvalue weighted by atomic mass is 16.6. The topological polar surface area (TPSA) is 76.2 Å². The summed E-state index contributed by atoms with van der Waals surface area (Å²) in [5, 5.41) is 0. The Morgan fingerprint density at radius 2 is 1.80 bits per heavy atom. The third kappa shape index (κ3) is 5.32. The summed E-state index contributed by atoms with van der Waals surface area (Å²) in [6, 6.07) is 9.52. The predicted octanol–water partition coefficient (Wildman–Crippen LogP) is 3.86. The van der Waals surface area contributed by atoms with Crippen molar-refractivity contribution in [2.75, 3.05) is 19.7 Å². The van der Waals surface area contributed by atoms with E-state index in [4.69, 9.17) is 9.47 Å². The molecular formula is C23H32N2O5. The van der Waals surface area contributed by atoms with Crippen molar-refractivity contribution in [2.45, 2.75) is 58.6 Å². The minimum Gasteiger partial charge on any atom is -0.447 e. The van der Waals surface area contributed by atoms with Gasteiger partial charge in [0.15, 0.2) is 0 Å². The minimum atomic E-state index is -0.557. The molecule has 1 aromatic carbocycles. The molecule has 164 valence electrons. The lowest BCUT2D eigenvalue weighted by molar-refractivity contribution is -0.135. The molecule has 0 unspecified atom stereocenters. The molecule has 2 fully saturated rings. The van der Waals surface area contributed by atoms with Gasteiger partial charge in [0.2, 0.25) is 5.91 Å². The third-order valence-electron chi connectivity index (χ3n) is 5.80. The van der Waals surface area contributed by atoms with E-state index in [-0.39, 0.29) is 36.5 Å². The van der Waals surface area contributed by atoms with Crippen LogP contribution in [0.5, 0.6) is 0 Å². The van der Waals surface area contributed by atoms with E-state index >= 15 is 0 Å². The number of hydrogen-bond acceptors (Lipinski definition) is 5. The van der Waals surface area contributed by atoms with Gasteiger partial charge < -0.3 is 14.4 Å². The van der Waals surface area contributed by atoms with Gasteiger partial charge in [0, 0.05) is 19.0 Å². The molecule has 7 nitrogen and oxygen atoms in total. The van der Waals surface area contributed by atoms with Gasteiger partial charge >= 0.3 is 12.2 Å². The zero-order valence-electron chi connectivity index (χ0n) is 18.3. The normalized spacial score (nSPS) is 21.3. The number of likely N-dealkylation sites (tertiary alicyclic amines) is 1. The van der Waals surface area contributed by atoms with E-state index in [1.165, 1.54) is 4.90 Å². The summed E-state index contributed by atoms with van der Waals surface area (Å²) in [7, 11) is 0. The predicted molar refractivity (Wildman–Crippen MR) is 112 cm³/mol. The molecule has 0 radical (unpaired) electrons. The van der Waals surface area contributed by atoms with Crippen LogP contribution in [0.1, 0.15) is 46.1 Å². The molecule has 0 bridgehead atoms. The molecule has 3 amide bonds. The zero-order chi connectivity index (χ0) is 21.9. The fourth-order valence-electron chi connectivity index (χ4n) is 4.10. The molecule has 0 N–H and O–H groups in total. The average molecular weight is 417 g/mol. The summed E-state index contributed by atoms with van der Waals surface area (Å²) < 4.78 is 10.6. The first-order chi connectivity index (χ1) is 14.2. The van der Waals surface area contributed by atoms with Gasteiger partial charge in [-0.15, -0.1) is 0 Å². The van der Waals surface area contributed by atoms with Crippen molar-refractivity contribution in [1.29, 1.82) is 0 Å². The van der Waals surface area contributed by atoms with E-state index in [1.54, 1.807) is 4.90 Å². The Kier molecular flexibility index (Phi) is 6.68. The highest BCUT2D eigenvalue weighted by Crippen LogP contribution is 2.29. The number of carbonyl (C=O) groups excluding carboxylic acids is 3. The van der Waals surface area contributed by atoms with E-state index in [2.05, 4.69) is 0 Å². The Morgan fingerprint density at radius 3 is 2.40 bits per heavy atom. The number of imide groups is 1. The van der Waals surface area contributed by atoms with Gasteiger partial charge in [0.1, 0.15) is 12.2 Å². The highest BCUT2D eigenvalue weighted by molar-refractivity contribution is 5.94. The van der Waals surface area contributed by atoms with Crippen LogP contribution < -0.4 is 0 Å². The van der Waals surface area contributed by atoms with Crippen LogP contribution in [0.4, 0.5) is 9.59 Å². The molecule has 1 aromatic rings. The Balaban J connectivity index is 1.58. The molecular weight excluding hydrogens is 384 g/mol. The molecule has 0 spiro atoms. The lowest BCUT2D eigenvalue weighted by Crippen LogP contribution is -2.47. The summed E-state index contributed by atoms with van der Waals surface area (Å²) in [4.78, 5) is 40.7. The van der Waals surface area contributed by atoms with Crippen molar-refractivity contribution < 1.29 is 23.9 Å². The molecule has 2 aliphatic heterocycles. The first kappa shape index (κ1) is 22.1. The van der Waals surface area contributed by atoms with Gasteiger partial charge in [0.05, 0.1) is 6.04 Å². The minimum absolute atomic E-state index is 0.113. The number of ether oxygens (including phenoxy) is 2. The number of carbonyl (C=O) groups is 3. The molecule has 2 saturated heterocycles. The van der Waals surface area contributed by atoms with Crippen LogP contribution in [0.25, 0.3) is 0 Å². The molecule has 30 heavy (non-hydrogen) atoms. The molecule has 3 rings (SSSR count). The van der Waals surface area contributed by atoms with Gasteiger partial charge in [-0.1, -0.05) is 37.3 Å². The van der Waals surface area contributed by atoms with Crippen LogP contribution in [-0.4, -0.2) is 59.2 Å². The Morgan fingerprint density at radius 1 is 1.17 bits per heavy atom. The van der Waals surface area contributed by atoms with Gasteiger partial charge in [-0.2, -0.15) is 0 Å². The number of cyclic esters (lactones) is 1. The van der Waals surface area contributed by atoms with Gasteiger partial charge in [-0.05, 0) is 51.5 Å². The largest absolute Gasteiger partial charge is 0.447 e. The first-order valence-electron chi connectivity index (χ1n) is 10.7. The van der Waals surface area contributed by atoms with Crippen LogP contribution in [-0.2, 0) is 20.7 Å². The maximum atomic E-state index is 13.2. The van der Waals surface area contributed by atoms with Crippen LogP contribution in [0.3, 0.4) is 0 Å². The summed E-state index contributed by atoms with van der Waals surface area (Å²) in [6.07, 6.45) is 1.13. The Bertz CT molecular complexity index is 766. The number of amides is 3. The lowest BCUT2D eigenvalue weighted by atomic mass is 9.84. The van der Waals surface area contributed by atoms with Crippen molar-refractivity contribution >= 4 is 18.1 Å². The quantitative estimate of drug-likeness (QED) is 0.745. The molecule has 0 aromatic heterocycles. The van der Waals surface area contributed by atoms with E-state index < -0.39 is 11.7 Å². The van der Waals surface area contributed by atoms with Gasteiger partial charge in [0.25, 0.3) is 0 Å². The average Bonchev–Trinajstić information content (AvgIpc) is 3.06. The fourth-order valence-corrected chi connectivity index (χ4v) is 4.10. The van der Waals surface area contributed by atoms with Crippen LogP contribution in [0.15, 0.2) is 30.3 Å². The molecule has 0 saturated carbocycles. The van der Waals surface area contributed by atoms with Gasteiger partial charge in [-0.25, -0.2) is 14.5 Å². The van der Waals surface area contributed by atoms with Crippen molar-refractivity contribution in [2.24, 2.45) is 11.8 Å². The van der Waals surface area contributed by atoms with Crippen LogP contribution >= 0.6 is 0 Å². The standard InChI is InChI=1S/C23H32N2O5/c1-16(18-10-12-24(13-11-18)21(27)30-23(2,3)4)20(26)25-19(15-29-22(25)28)14-17-8-6-5-7-9-17/h5-9,16,18-19H,10-15H2,1-4H3/t16-,19-/m0/s1. The second-order valence-electron chi connectivity index (χ2n) is 9.22. The van der Waals surface area contributed by atoms with Gasteiger partial charge in [-0.3, -0.25) is 4.79 Å². The third-order valence-corrected chi connectivity index (χ3v) is 5.80. The number of nitrogens with zero attached hydrogens (tertiary/aromatic N) is 2. The van der Waals surface area contributed by atoms with Crippen molar-refractivity contribution in [3.05, 3.63) is 35.9 Å². The lowest BCUT2D eigenvalue weighted by Gasteiger charge is -2.36. The Hall–Kier alpha value is -2.57. The van der Waals surface area contributed by atoms with Crippen LogP contribution in [0.2, 0.25) is 0 Å². The molecule has 7 heteroatoms. The summed E-state index contributed by atoms with van der Waals surface area (Å²) in [6.45, 7) is 8.74. The second-order valence-corrected chi connectivity index (χ2v) is 9.22. The second kappa shape index (κ2) is 9.06. The number of rotatable bonds is 4. The maximum Gasteiger partial charge on any atom is 0.416 e. The van der Waals surface area contributed by atoms with Crippen molar-refractivity contribution in [1.82, 2.24) is 9.80 Å². The van der Waals surface area contributed by atoms with E-state index in [0.717, 1.165) is 5.56 Å². The molecule has 2 aliphatic rings. The number of benzene rings is 1. The SMILES string of the molecule is C[C@H](C(=O)N1C(=O)OC[C@@H]1Cc1ccccc1)C1CCN(C(=O)OC(C)(C)C)CC1. The summed E-state index contributed by atoms with van der Waals surface area (Å²) in [5.74, 6) is -0.383. The van der Waals surface area contributed by atoms with E-state index in [0.29, 0.717) is 32.4 Å². The summed E-state index contributed by atoms with van der Waals surface area (Å²) in [5.41, 5.74) is 0.540. The number of piperidine rings is 1. The fraction of sp³-hybridized carbons (Fsp3) is 0.609. The van der Waals surface area contributed by atoms with Crippen LogP contribution in [0, 0.1) is 11.8 Å².